The molecule has 106 valence electrons. The van der Waals surface area contributed by atoms with Crippen molar-refractivity contribution >= 4 is 11.0 Å². The number of benzene rings is 2. The van der Waals surface area contributed by atoms with E-state index < -0.39 is 0 Å². The zero-order valence-electron chi connectivity index (χ0n) is 12.6. The summed E-state index contributed by atoms with van der Waals surface area (Å²) < 4.78 is 0. The van der Waals surface area contributed by atoms with Crippen molar-refractivity contribution in [3.8, 4) is 0 Å². The van der Waals surface area contributed by atoms with Gasteiger partial charge in [-0.2, -0.15) is 0 Å². The van der Waals surface area contributed by atoms with E-state index in [2.05, 4.69) is 53.4 Å². The van der Waals surface area contributed by atoms with Crippen LogP contribution in [0.2, 0.25) is 0 Å². The van der Waals surface area contributed by atoms with Gasteiger partial charge in [-0.1, -0.05) is 35.9 Å². The number of hydrogen-bond acceptors (Lipinski definition) is 3. The lowest BCUT2D eigenvalue weighted by molar-refractivity contribution is 0.691. The minimum absolute atomic E-state index is 0.117. The van der Waals surface area contributed by atoms with Crippen LogP contribution in [0.1, 0.15) is 28.3 Å². The van der Waals surface area contributed by atoms with Crippen LogP contribution < -0.4 is 5.32 Å². The number of aryl methyl sites for hydroxylation is 2. The first-order valence-corrected chi connectivity index (χ1v) is 7.15. The summed E-state index contributed by atoms with van der Waals surface area (Å²) in [5.41, 5.74) is 6.90. The van der Waals surface area contributed by atoms with Gasteiger partial charge in [0.1, 0.15) is 0 Å². The normalized spacial score (nSPS) is 12.5. The number of rotatable bonds is 3. The molecule has 0 amide bonds. The number of nitrogens with zero attached hydrogens (tertiary/aromatic N) is 2. The van der Waals surface area contributed by atoms with Crippen LogP contribution in [-0.4, -0.2) is 17.0 Å². The highest BCUT2D eigenvalue weighted by molar-refractivity contribution is 5.78. The standard InChI is InChI=1S/C18H19N3/c1-12-7-8-14(13(2)11-12)17(19-3)15-5-4-6-16-18(15)21-10-9-20-16/h4-11,17,19H,1-3H3. The molecule has 0 spiro atoms. The zero-order valence-corrected chi connectivity index (χ0v) is 12.6. The quantitative estimate of drug-likeness (QED) is 0.795. The molecule has 3 rings (SSSR count). The molecule has 21 heavy (non-hydrogen) atoms. The molecule has 2 aromatic carbocycles. The molecule has 1 aromatic heterocycles. The minimum atomic E-state index is 0.117. The van der Waals surface area contributed by atoms with Gasteiger partial charge in [0.15, 0.2) is 0 Å². The van der Waals surface area contributed by atoms with Crippen LogP contribution in [0.3, 0.4) is 0 Å². The van der Waals surface area contributed by atoms with Crippen molar-refractivity contribution in [1.82, 2.24) is 15.3 Å². The maximum absolute atomic E-state index is 4.52. The Morgan fingerprint density at radius 3 is 2.52 bits per heavy atom. The first-order chi connectivity index (χ1) is 10.2. The molecule has 1 heterocycles. The SMILES string of the molecule is CNC(c1ccc(C)cc1C)c1cccc2nccnc12. The average Bonchev–Trinajstić information content (AvgIpc) is 2.50. The summed E-state index contributed by atoms with van der Waals surface area (Å²) in [4.78, 5) is 8.92. The van der Waals surface area contributed by atoms with Crippen molar-refractivity contribution in [3.63, 3.8) is 0 Å². The molecule has 1 unspecified atom stereocenters. The molecule has 0 aliphatic heterocycles. The van der Waals surface area contributed by atoms with Gasteiger partial charge in [-0.3, -0.25) is 9.97 Å². The van der Waals surface area contributed by atoms with Crippen molar-refractivity contribution < 1.29 is 0 Å². The second-order valence-electron chi connectivity index (χ2n) is 5.35. The number of nitrogens with one attached hydrogen (secondary N) is 1. The maximum Gasteiger partial charge on any atom is 0.0937 e. The van der Waals surface area contributed by atoms with Crippen molar-refractivity contribution in [2.24, 2.45) is 0 Å². The van der Waals surface area contributed by atoms with Crippen molar-refractivity contribution in [3.05, 3.63) is 71.0 Å². The summed E-state index contributed by atoms with van der Waals surface area (Å²) >= 11 is 0. The van der Waals surface area contributed by atoms with Crippen molar-refractivity contribution in [2.75, 3.05) is 7.05 Å². The fourth-order valence-electron chi connectivity index (χ4n) is 2.88. The number of aromatic nitrogens is 2. The number of hydrogen-bond donors (Lipinski definition) is 1. The highest BCUT2D eigenvalue weighted by atomic mass is 14.9. The van der Waals surface area contributed by atoms with E-state index >= 15 is 0 Å². The monoisotopic (exact) mass is 277 g/mol. The third-order valence-electron chi connectivity index (χ3n) is 3.87. The van der Waals surface area contributed by atoms with E-state index in [1.807, 2.05) is 19.2 Å². The predicted molar refractivity (Wildman–Crippen MR) is 86.4 cm³/mol. The summed E-state index contributed by atoms with van der Waals surface area (Å²) in [6, 6.07) is 12.9. The predicted octanol–water partition coefficient (Wildman–Crippen LogP) is 3.56. The lowest BCUT2D eigenvalue weighted by Crippen LogP contribution is -2.19. The molecule has 0 aliphatic carbocycles. The van der Waals surface area contributed by atoms with Gasteiger partial charge >= 0.3 is 0 Å². The molecule has 3 aromatic rings. The molecule has 1 N–H and O–H groups in total. The van der Waals surface area contributed by atoms with Crippen LogP contribution in [0.15, 0.2) is 48.8 Å². The minimum Gasteiger partial charge on any atom is -0.309 e. The fourth-order valence-corrected chi connectivity index (χ4v) is 2.88. The Bertz CT molecular complexity index is 775. The smallest absolute Gasteiger partial charge is 0.0937 e. The molecule has 0 fully saturated rings. The van der Waals surface area contributed by atoms with Crippen LogP contribution in [0, 0.1) is 13.8 Å². The largest absolute Gasteiger partial charge is 0.309 e. The molecule has 1 atom stereocenters. The molecule has 0 saturated heterocycles. The molecular weight excluding hydrogens is 258 g/mol. The highest BCUT2D eigenvalue weighted by Crippen LogP contribution is 2.29. The van der Waals surface area contributed by atoms with Crippen LogP contribution in [0.5, 0.6) is 0 Å². The van der Waals surface area contributed by atoms with Gasteiger partial charge in [-0.25, -0.2) is 0 Å². The zero-order chi connectivity index (χ0) is 14.8. The molecular formula is C18H19N3. The van der Waals surface area contributed by atoms with Crippen LogP contribution in [0.4, 0.5) is 0 Å². The van der Waals surface area contributed by atoms with E-state index in [0.717, 1.165) is 16.6 Å². The average molecular weight is 277 g/mol. The van der Waals surface area contributed by atoms with E-state index in [1.165, 1.54) is 16.7 Å². The van der Waals surface area contributed by atoms with E-state index in [1.54, 1.807) is 12.4 Å². The highest BCUT2D eigenvalue weighted by Gasteiger charge is 2.17. The van der Waals surface area contributed by atoms with Gasteiger partial charge in [0.05, 0.1) is 17.1 Å². The molecule has 3 heteroatoms. The van der Waals surface area contributed by atoms with Gasteiger partial charge in [-0.15, -0.1) is 0 Å². The van der Waals surface area contributed by atoms with Gasteiger partial charge in [-0.05, 0) is 38.1 Å². The third kappa shape index (κ3) is 2.52. The van der Waals surface area contributed by atoms with E-state index in [0.29, 0.717) is 0 Å². The first kappa shape index (κ1) is 13.7. The summed E-state index contributed by atoms with van der Waals surface area (Å²) in [5, 5.41) is 3.42. The maximum atomic E-state index is 4.52. The van der Waals surface area contributed by atoms with Crippen molar-refractivity contribution in [2.45, 2.75) is 19.9 Å². The Kier molecular flexibility index (Phi) is 3.67. The van der Waals surface area contributed by atoms with E-state index in [4.69, 9.17) is 0 Å². The summed E-state index contributed by atoms with van der Waals surface area (Å²) in [6.45, 7) is 4.28. The van der Waals surface area contributed by atoms with Gasteiger partial charge in [0.2, 0.25) is 0 Å². The summed E-state index contributed by atoms with van der Waals surface area (Å²) in [7, 11) is 1.99. The molecule has 0 saturated carbocycles. The van der Waals surface area contributed by atoms with Crippen LogP contribution in [-0.2, 0) is 0 Å². The molecule has 3 nitrogen and oxygen atoms in total. The summed E-state index contributed by atoms with van der Waals surface area (Å²) in [5.74, 6) is 0. The Labute approximate surface area is 125 Å². The molecule has 0 aliphatic rings. The Morgan fingerprint density at radius 2 is 1.76 bits per heavy atom. The Hall–Kier alpha value is -2.26. The lowest BCUT2D eigenvalue weighted by atomic mass is 9.93. The summed E-state index contributed by atoms with van der Waals surface area (Å²) in [6.07, 6.45) is 3.48. The lowest BCUT2D eigenvalue weighted by Gasteiger charge is -2.20. The fraction of sp³-hybridized carbons (Fsp3) is 0.222. The first-order valence-electron chi connectivity index (χ1n) is 7.15. The van der Waals surface area contributed by atoms with Gasteiger partial charge in [0, 0.05) is 18.0 Å². The number of fused-ring (bicyclic) bond motifs is 1. The molecule has 0 bridgehead atoms. The third-order valence-corrected chi connectivity index (χ3v) is 3.87. The van der Waals surface area contributed by atoms with E-state index in [-0.39, 0.29) is 6.04 Å². The number of para-hydroxylation sites is 1. The van der Waals surface area contributed by atoms with Crippen LogP contribution in [0.25, 0.3) is 11.0 Å². The Balaban J connectivity index is 2.18. The molecule has 0 radical (unpaired) electrons. The van der Waals surface area contributed by atoms with Crippen LogP contribution >= 0.6 is 0 Å². The Morgan fingerprint density at radius 1 is 0.952 bits per heavy atom. The van der Waals surface area contributed by atoms with Gasteiger partial charge < -0.3 is 5.32 Å². The second kappa shape index (κ2) is 5.62. The van der Waals surface area contributed by atoms with E-state index in [9.17, 15) is 0 Å². The second-order valence-corrected chi connectivity index (χ2v) is 5.35. The topological polar surface area (TPSA) is 37.8 Å². The van der Waals surface area contributed by atoms with Crippen molar-refractivity contribution in [1.29, 1.82) is 0 Å². The van der Waals surface area contributed by atoms with Gasteiger partial charge in [0.25, 0.3) is 0 Å².